The zero-order chi connectivity index (χ0) is 15.4. The lowest BCUT2D eigenvalue weighted by atomic mass is 10.1. The molecule has 1 saturated heterocycles. The topological polar surface area (TPSA) is 123 Å². The third-order valence-electron chi connectivity index (χ3n) is 2.98. The molecule has 2 heterocycles. The fourth-order valence-corrected chi connectivity index (χ4v) is 1.99. The highest BCUT2D eigenvalue weighted by Crippen LogP contribution is 2.30. The molecule has 1 aliphatic heterocycles. The monoisotopic (exact) mass is 300 g/mol. The highest BCUT2D eigenvalue weighted by molar-refractivity contribution is 4.93. The molecule has 0 radical (unpaired) electrons. The Balaban J connectivity index is 2.27. The molecule has 9 nitrogen and oxygen atoms in total. The van der Waals surface area contributed by atoms with Crippen LogP contribution in [0.15, 0.2) is 34.5 Å². The maximum absolute atomic E-state index is 11.8. The number of hydrogen-bond acceptors (Lipinski definition) is 7. The lowest BCUT2D eigenvalue weighted by Gasteiger charge is -2.20. The zero-order valence-corrected chi connectivity index (χ0v) is 11.0. The van der Waals surface area contributed by atoms with E-state index in [9.17, 15) is 14.7 Å². The van der Waals surface area contributed by atoms with Gasteiger partial charge in [0.05, 0.1) is 6.61 Å². The zero-order valence-electron chi connectivity index (χ0n) is 11.0. The molecule has 1 aromatic rings. The van der Waals surface area contributed by atoms with Crippen LogP contribution in [0, 0.1) is 0 Å². The van der Waals surface area contributed by atoms with E-state index in [1.165, 1.54) is 12.3 Å². The van der Waals surface area contributed by atoms with Crippen molar-refractivity contribution in [2.45, 2.75) is 24.5 Å². The fourth-order valence-electron chi connectivity index (χ4n) is 1.99. The van der Waals surface area contributed by atoms with Crippen LogP contribution in [0.3, 0.4) is 0 Å². The number of hydrogen-bond donors (Lipinski definition) is 3. The summed E-state index contributed by atoms with van der Waals surface area (Å²) in [7, 11) is 0. The number of H-pyrrole nitrogens is 1. The predicted octanol–water partition coefficient (Wildman–Crippen LogP) is -1.71. The van der Waals surface area contributed by atoms with Crippen LogP contribution in [0.1, 0.15) is 6.23 Å². The van der Waals surface area contributed by atoms with Gasteiger partial charge in [0.2, 0.25) is 0 Å². The minimum absolute atomic E-state index is 0.0697. The minimum atomic E-state index is -1.20. The molecular weight excluding hydrogens is 284 g/mol. The normalized spacial score (nSPS) is 28.7. The summed E-state index contributed by atoms with van der Waals surface area (Å²) in [5.41, 5.74) is -1.29. The average molecular weight is 300 g/mol. The van der Waals surface area contributed by atoms with E-state index in [1.807, 2.05) is 0 Å². The highest BCUT2D eigenvalue weighted by atomic mass is 17.2. The molecule has 4 atom stereocenters. The summed E-state index contributed by atoms with van der Waals surface area (Å²) in [5.74, 6) is 0. The summed E-state index contributed by atoms with van der Waals surface area (Å²) >= 11 is 0. The fraction of sp³-hybridized carbons (Fsp3) is 0.500. The molecule has 116 valence electrons. The number of ether oxygens (including phenoxy) is 1. The molecule has 3 N–H and O–H groups in total. The van der Waals surface area contributed by atoms with Gasteiger partial charge in [0.15, 0.2) is 12.3 Å². The first-order valence-electron chi connectivity index (χ1n) is 6.23. The van der Waals surface area contributed by atoms with E-state index < -0.39 is 42.4 Å². The predicted molar refractivity (Wildman–Crippen MR) is 69.3 cm³/mol. The first kappa shape index (κ1) is 15.6. The van der Waals surface area contributed by atoms with Crippen molar-refractivity contribution in [2.75, 3.05) is 13.2 Å². The number of aliphatic hydroxyl groups is 2. The molecule has 2 unspecified atom stereocenters. The van der Waals surface area contributed by atoms with Gasteiger partial charge in [-0.25, -0.2) is 14.6 Å². The second-order valence-electron chi connectivity index (χ2n) is 4.39. The Morgan fingerprint density at radius 1 is 1.52 bits per heavy atom. The summed E-state index contributed by atoms with van der Waals surface area (Å²) in [6.45, 7) is 3.05. The van der Waals surface area contributed by atoms with E-state index in [-0.39, 0.29) is 6.61 Å². The van der Waals surface area contributed by atoms with E-state index in [0.717, 1.165) is 10.6 Å². The Morgan fingerprint density at radius 2 is 2.29 bits per heavy atom. The molecule has 0 saturated carbocycles. The second kappa shape index (κ2) is 6.78. The first-order valence-corrected chi connectivity index (χ1v) is 6.23. The SMILES string of the molecule is C=CCOOC1C(O)[C@H](CO)O[C@@H]1n1ccc(=O)[nH]c1=O. The second-order valence-corrected chi connectivity index (χ2v) is 4.39. The summed E-state index contributed by atoms with van der Waals surface area (Å²) in [6.07, 6.45) is -1.60. The van der Waals surface area contributed by atoms with Gasteiger partial charge in [-0.2, -0.15) is 0 Å². The van der Waals surface area contributed by atoms with E-state index >= 15 is 0 Å². The van der Waals surface area contributed by atoms with Gasteiger partial charge in [0, 0.05) is 12.3 Å². The van der Waals surface area contributed by atoms with Crippen molar-refractivity contribution in [1.29, 1.82) is 0 Å². The van der Waals surface area contributed by atoms with Crippen LogP contribution < -0.4 is 11.2 Å². The summed E-state index contributed by atoms with van der Waals surface area (Å²) in [5, 5.41) is 19.2. The van der Waals surface area contributed by atoms with Crippen LogP contribution in [0.4, 0.5) is 0 Å². The van der Waals surface area contributed by atoms with Gasteiger partial charge in [-0.3, -0.25) is 14.3 Å². The van der Waals surface area contributed by atoms with E-state index in [1.54, 1.807) is 0 Å². The standard InChI is InChI=1S/C12H16N2O7/c1-2-5-19-21-10-9(17)7(6-15)20-11(10)14-4-3-8(16)13-12(14)18/h2-4,7,9-11,15,17H,1,5-6H2,(H,13,16,18)/t7-,9?,10?,11-/m0/s1. The molecular formula is C12H16N2O7. The van der Waals surface area contributed by atoms with E-state index in [0.29, 0.717) is 0 Å². The van der Waals surface area contributed by atoms with Crippen LogP contribution in [-0.2, 0) is 14.5 Å². The van der Waals surface area contributed by atoms with Gasteiger partial charge in [-0.1, -0.05) is 6.08 Å². The van der Waals surface area contributed by atoms with Crippen molar-refractivity contribution < 1.29 is 24.7 Å². The molecule has 1 aliphatic rings. The van der Waals surface area contributed by atoms with E-state index in [4.69, 9.17) is 19.6 Å². The maximum atomic E-state index is 11.8. The van der Waals surface area contributed by atoms with Crippen LogP contribution in [-0.4, -0.2) is 51.3 Å². The largest absolute Gasteiger partial charge is 0.394 e. The summed E-state index contributed by atoms with van der Waals surface area (Å²) < 4.78 is 6.43. The number of nitrogens with zero attached hydrogens (tertiary/aromatic N) is 1. The van der Waals surface area contributed by atoms with Gasteiger partial charge >= 0.3 is 5.69 Å². The van der Waals surface area contributed by atoms with Crippen LogP contribution in [0.5, 0.6) is 0 Å². The lowest BCUT2D eigenvalue weighted by Crippen LogP contribution is -2.39. The van der Waals surface area contributed by atoms with Gasteiger partial charge in [0.1, 0.15) is 18.8 Å². The summed E-state index contributed by atoms with van der Waals surface area (Å²) in [6, 6.07) is 1.13. The Bertz CT molecular complexity index is 596. The molecule has 2 rings (SSSR count). The van der Waals surface area contributed by atoms with Crippen LogP contribution in [0.25, 0.3) is 0 Å². The molecule has 1 fully saturated rings. The molecule has 0 spiro atoms. The molecule has 0 amide bonds. The third-order valence-corrected chi connectivity index (χ3v) is 2.98. The van der Waals surface area contributed by atoms with Gasteiger partial charge in [0.25, 0.3) is 5.56 Å². The van der Waals surface area contributed by atoms with Crippen molar-refractivity contribution in [1.82, 2.24) is 9.55 Å². The number of aromatic nitrogens is 2. The molecule has 1 aromatic heterocycles. The lowest BCUT2D eigenvalue weighted by molar-refractivity contribution is -0.338. The number of aliphatic hydroxyl groups excluding tert-OH is 2. The Kier molecular flexibility index (Phi) is 5.04. The van der Waals surface area contributed by atoms with Crippen molar-refractivity contribution in [3.63, 3.8) is 0 Å². The molecule has 21 heavy (non-hydrogen) atoms. The van der Waals surface area contributed by atoms with Crippen LogP contribution in [0.2, 0.25) is 0 Å². The van der Waals surface area contributed by atoms with Gasteiger partial charge < -0.3 is 14.9 Å². The smallest absolute Gasteiger partial charge is 0.330 e. The average Bonchev–Trinajstić information content (AvgIpc) is 2.76. The Hall–Kier alpha value is -1.78. The molecule has 0 bridgehead atoms. The van der Waals surface area contributed by atoms with Crippen LogP contribution >= 0.6 is 0 Å². The first-order chi connectivity index (χ1) is 10.1. The van der Waals surface area contributed by atoms with Gasteiger partial charge in [-0.15, -0.1) is 6.58 Å². The number of rotatable bonds is 6. The minimum Gasteiger partial charge on any atom is -0.394 e. The van der Waals surface area contributed by atoms with E-state index in [2.05, 4.69) is 11.6 Å². The third kappa shape index (κ3) is 3.28. The molecule has 9 heteroatoms. The van der Waals surface area contributed by atoms with Crippen molar-refractivity contribution >= 4 is 0 Å². The summed E-state index contributed by atoms with van der Waals surface area (Å²) in [4.78, 5) is 34.8. The highest BCUT2D eigenvalue weighted by Gasteiger charge is 2.46. The van der Waals surface area contributed by atoms with Crippen molar-refractivity contribution in [3.8, 4) is 0 Å². The van der Waals surface area contributed by atoms with Crippen molar-refractivity contribution in [3.05, 3.63) is 45.8 Å². The van der Waals surface area contributed by atoms with Crippen molar-refractivity contribution in [2.24, 2.45) is 0 Å². The molecule has 0 aromatic carbocycles. The Morgan fingerprint density at radius 3 is 2.90 bits per heavy atom. The number of nitrogens with one attached hydrogen (secondary N) is 1. The quantitative estimate of drug-likeness (QED) is 0.247. The van der Waals surface area contributed by atoms with Gasteiger partial charge in [-0.05, 0) is 0 Å². The number of aromatic amines is 1. The maximum Gasteiger partial charge on any atom is 0.330 e. The Labute approximate surface area is 118 Å². The molecule has 0 aliphatic carbocycles.